The van der Waals surface area contributed by atoms with Crippen LogP contribution in [-0.4, -0.2) is 6.04 Å². The number of halogens is 2. The van der Waals surface area contributed by atoms with Gasteiger partial charge in [-0.25, -0.2) is 8.78 Å². The fraction of sp³-hybridized carbons (Fsp3) is 0.294. The van der Waals surface area contributed by atoms with Gasteiger partial charge < -0.3 is 5.32 Å². The Labute approximate surface area is 118 Å². The molecule has 20 heavy (non-hydrogen) atoms. The number of hydrogen-bond donors (Lipinski definition) is 1. The predicted molar refractivity (Wildman–Crippen MR) is 78.5 cm³/mol. The molecule has 0 saturated carbocycles. The van der Waals surface area contributed by atoms with Crippen LogP contribution >= 0.6 is 0 Å². The van der Waals surface area contributed by atoms with Gasteiger partial charge in [0.2, 0.25) is 0 Å². The van der Waals surface area contributed by atoms with Crippen LogP contribution in [0, 0.1) is 18.6 Å². The van der Waals surface area contributed by atoms with Gasteiger partial charge in [-0.1, -0.05) is 31.5 Å². The van der Waals surface area contributed by atoms with Crippen LogP contribution in [0.25, 0.3) is 11.1 Å². The Morgan fingerprint density at radius 3 is 2.20 bits per heavy atom. The summed E-state index contributed by atoms with van der Waals surface area (Å²) < 4.78 is 27.9. The summed E-state index contributed by atoms with van der Waals surface area (Å²) in [6.45, 7) is 6.60. The first-order valence-corrected chi connectivity index (χ1v) is 6.75. The smallest absolute Gasteiger partial charge is 0.131 e. The zero-order chi connectivity index (χ0) is 14.7. The largest absolute Gasteiger partial charge is 0.310 e. The van der Waals surface area contributed by atoms with Crippen molar-refractivity contribution in [1.82, 2.24) is 5.32 Å². The van der Waals surface area contributed by atoms with Gasteiger partial charge in [0.1, 0.15) is 11.6 Å². The molecule has 2 aromatic carbocycles. The van der Waals surface area contributed by atoms with Gasteiger partial charge in [-0.3, -0.25) is 0 Å². The lowest BCUT2D eigenvalue weighted by Gasteiger charge is -2.11. The van der Waals surface area contributed by atoms with Crippen LogP contribution in [0.1, 0.15) is 25.0 Å². The molecule has 1 nitrogen and oxygen atoms in total. The summed E-state index contributed by atoms with van der Waals surface area (Å²) >= 11 is 0. The Morgan fingerprint density at radius 1 is 0.950 bits per heavy atom. The minimum Gasteiger partial charge on any atom is -0.310 e. The van der Waals surface area contributed by atoms with E-state index >= 15 is 0 Å². The van der Waals surface area contributed by atoms with Gasteiger partial charge in [-0.05, 0) is 36.8 Å². The van der Waals surface area contributed by atoms with Crippen molar-refractivity contribution in [2.24, 2.45) is 0 Å². The van der Waals surface area contributed by atoms with E-state index in [1.54, 1.807) is 24.3 Å². The predicted octanol–water partition coefficient (Wildman–Crippen LogP) is 4.44. The fourth-order valence-corrected chi connectivity index (χ4v) is 2.06. The number of aryl methyl sites for hydroxylation is 1. The second-order valence-electron chi connectivity index (χ2n) is 5.33. The number of nitrogens with one attached hydrogen (secondary N) is 1. The summed E-state index contributed by atoms with van der Waals surface area (Å²) in [4.78, 5) is 0. The van der Waals surface area contributed by atoms with Gasteiger partial charge in [0, 0.05) is 23.7 Å². The maximum Gasteiger partial charge on any atom is 0.131 e. The SMILES string of the molecule is Cc1ccc(F)c(-c2cc(CNC(C)C)ccc2F)c1. The van der Waals surface area contributed by atoms with Gasteiger partial charge in [0.15, 0.2) is 0 Å². The molecule has 0 heterocycles. The average molecular weight is 275 g/mol. The number of rotatable bonds is 4. The normalized spacial score (nSPS) is 11.1. The van der Waals surface area contributed by atoms with Crippen molar-refractivity contribution in [2.75, 3.05) is 0 Å². The van der Waals surface area contributed by atoms with Crippen LogP contribution < -0.4 is 5.32 Å². The molecule has 0 amide bonds. The van der Waals surface area contributed by atoms with Gasteiger partial charge in [-0.2, -0.15) is 0 Å². The van der Waals surface area contributed by atoms with Gasteiger partial charge in [-0.15, -0.1) is 0 Å². The maximum absolute atomic E-state index is 14.0. The summed E-state index contributed by atoms with van der Waals surface area (Å²) in [5.41, 5.74) is 2.48. The van der Waals surface area contributed by atoms with E-state index in [1.165, 1.54) is 12.1 Å². The molecule has 0 aliphatic heterocycles. The topological polar surface area (TPSA) is 12.0 Å². The Kier molecular flexibility index (Phi) is 4.50. The Morgan fingerprint density at radius 2 is 1.55 bits per heavy atom. The average Bonchev–Trinajstić information content (AvgIpc) is 2.41. The lowest BCUT2D eigenvalue weighted by atomic mass is 10.00. The molecule has 0 unspecified atom stereocenters. The van der Waals surface area contributed by atoms with Crippen molar-refractivity contribution in [3.05, 3.63) is 59.2 Å². The molecule has 2 aromatic rings. The maximum atomic E-state index is 14.0. The van der Waals surface area contributed by atoms with E-state index in [-0.39, 0.29) is 0 Å². The third-order valence-electron chi connectivity index (χ3n) is 3.16. The fourth-order valence-electron chi connectivity index (χ4n) is 2.06. The Hall–Kier alpha value is -1.74. The molecule has 1 N–H and O–H groups in total. The second kappa shape index (κ2) is 6.14. The highest BCUT2D eigenvalue weighted by Gasteiger charge is 2.11. The highest BCUT2D eigenvalue weighted by atomic mass is 19.1. The standard InChI is InChI=1S/C17H19F2N/c1-11(2)20-10-13-5-7-17(19)15(9-13)14-8-12(3)4-6-16(14)18/h4-9,11,20H,10H2,1-3H3. The lowest BCUT2D eigenvalue weighted by molar-refractivity contribution is 0.586. The van der Waals surface area contributed by atoms with Crippen molar-refractivity contribution in [2.45, 2.75) is 33.4 Å². The molecule has 0 bridgehead atoms. The molecular formula is C17H19F2N. The van der Waals surface area contributed by atoms with Crippen LogP contribution in [0.15, 0.2) is 36.4 Å². The van der Waals surface area contributed by atoms with Gasteiger partial charge in [0.05, 0.1) is 0 Å². The molecule has 0 saturated heterocycles. The van der Waals surface area contributed by atoms with Gasteiger partial charge >= 0.3 is 0 Å². The summed E-state index contributed by atoms with van der Waals surface area (Å²) in [6, 6.07) is 9.91. The lowest BCUT2D eigenvalue weighted by Crippen LogP contribution is -2.21. The zero-order valence-corrected chi connectivity index (χ0v) is 12.0. The van der Waals surface area contributed by atoms with Crippen LogP contribution in [0.2, 0.25) is 0 Å². The summed E-state index contributed by atoms with van der Waals surface area (Å²) in [7, 11) is 0. The third-order valence-corrected chi connectivity index (χ3v) is 3.16. The molecule has 3 heteroatoms. The molecule has 106 valence electrons. The van der Waals surface area contributed by atoms with Crippen LogP contribution in [-0.2, 0) is 6.54 Å². The van der Waals surface area contributed by atoms with Crippen molar-refractivity contribution in [1.29, 1.82) is 0 Å². The van der Waals surface area contributed by atoms with E-state index in [1.807, 2.05) is 20.8 Å². The zero-order valence-electron chi connectivity index (χ0n) is 12.0. The molecule has 0 atom stereocenters. The Balaban J connectivity index is 2.40. The first-order chi connectivity index (χ1) is 9.47. The Bertz CT molecular complexity index is 606. The molecule has 0 aliphatic rings. The first-order valence-electron chi connectivity index (χ1n) is 6.75. The van der Waals surface area contributed by atoms with E-state index in [0.717, 1.165) is 11.1 Å². The van der Waals surface area contributed by atoms with Crippen molar-refractivity contribution < 1.29 is 8.78 Å². The van der Waals surface area contributed by atoms with Gasteiger partial charge in [0.25, 0.3) is 0 Å². The van der Waals surface area contributed by atoms with E-state index in [2.05, 4.69) is 5.32 Å². The summed E-state index contributed by atoms with van der Waals surface area (Å²) in [6.07, 6.45) is 0. The third kappa shape index (κ3) is 3.42. The summed E-state index contributed by atoms with van der Waals surface area (Å²) in [5.74, 6) is -0.800. The highest BCUT2D eigenvalue weighted by Crippen LogP contribution is 2.27. The van der Waals surface area contributed by atoms with Crippen LogP contribution in [0.5, 0.6) is 0 Å². The first kappa shape index (κ1) is 14.7. The molecule has 0 aliphatic carbocycles. The summed E-state index contributed by atoms with van der Waals surface area (Å²) in [5, 5.41) is 3.27. The highest BCUT2D eigenvalue weighted by molar-refractivity contribution is 5.66. The van der Waals surface area contributed by atoms with Crippen molar-refractivity contribution in [3.63, 3.8) is 0 Å². The van der Waals surface area contributed by atoms with E-state index in [4.69, 9.17) is 0 Å². The quantitative estimate of drug-likeness (QED) is 0.870. The van der Waals surface area contributed by atoms with Crippen molar-refractivity contribution >= 4 is 0 Å². The second-order valence-corrected chi connectivity index (χ2v) is 5.33. The molecule has 0 fully saturated rings. The van der Waals surface area contributed by atoms with Crippen LogP contribution in [0.4, 0.5) is 8.78 Å². The minimum atomic E-state index is -0.400. The van der Waals surface area contributed by atoms with Crippen molar-refractivity contribution in [3.8, 4) is 11.1 Å². The van der Waals surface area contributed by atoms with E-state index in [9.17, 15) is 8.78 Å². The van der Waals surface area contributed by atoms with E-state index in [0.29, 0.717) is 23.7 Å². The number of benzene rings is 2. The molecule has 0 aromatic heterocycles. The molecule has 0 spiro atoms. The van der Waals surface area contributed by atoms with Crippen LogP contribution in [0.3, 0.4) is 0 Å². The van der Waals surface area contributed by atoms with E-state index < -0.39 is 11.6 Å². The monoisotopic (exact) mass is 275 g/mol. The molecule has 0 radical (unpaired) electrons. The minimum absolute atomic E-state index is 0.314. The number of hydrogen-bond acceptors (Lipinski definition) is 1. The molecular weight excluding hydrogens is 256 g/mol. The molecule has 2 rings (SSSR count).